The van der Waals surface area contributed by atoms with Crippen molar-refractivity contribution in [1.29, 1.82) is 0 Å². The lowest BCUT2D eigenvalue weighted by atomic mass is 9.60. The summed E-state index contributed by atoms with van der Waals surface area (Å²) in [5, 5.41) is 2.63. The molecule has 0 spiro atoms. The van der Waals surface area contributed by atoms with E-state index in [0.29, 0.717) is 0 Å². The molecule has 0 saturated carbocycles. The molecule has 33 heavy (non-hydrogen) atoms. The number of para-hydroxylation sites is 2. The Bertz CT molecular complexity index is 1720. The molecule has 0 atom stereocenters. The van der Waals surface area contributed by atoms with Crippen molar-refractivity contribution in [3.63, 3.8) is 0 Å². The van der Waals surface area contributed by atoms with Crippen LogP contribution in [0.3, 0.4) is 0 Å². The van der Waals surface area contributed by atoms with Crippen LogP contribution >= 0.6 is 11.3 Å². The summed E-state index contributed by atoms with van der Waals surface area (Å²) in [5.74, 6) is 0.914. The second-order valence-electron chi connectivity index (χ2n) is 8.58. The third-order valence-electron chi connectivity index (χ3n) is 6.93. The summed E-state index contributed by atoms with van der Waals surface area (Å²) in [6.45, 7) is -0.00642. The molecule has 0 radical (unpaired) electrons. The molecule has 0 unspecified atom stereocenters. The standard InChI is InChI=1S/C28H17BN2OS/c1-3-11-22-18(8-1)21-16-17-32-28(21)31-24-13-5-4-12-23(24)30(29(22)31)25-14-7-10-20-19-9-2-6-15-26(19)33-27(20)25/h1-17H. The van der Waals surface area contributed by atoms with Gasteiger partial charge in [0.05, 0.1) is 22.3 Å². The van der Waals surface area contributed by atoms with Gasteiger partial charge < -0.3 is 14.0 Å². The number of fused-ring (bicyclic) bond motifs is 11. The average Bonchev–Trinajstić information content (AvgIpc) is 3.58. The topological polar surface area (TPSA) is 19.6 Å². The number of anilines is 4. The van der Waals surface area contributed by atoms with Crippen molar-refractivity contribution in [2.24, 2.45) is 0 Å². The van der Waals surface area contributed by atoms with Gasteiger partial charge in [-0.1, -0.05) is 66.7 Å². The highest BCUT2D eigenvalue weighted by Gasteiger charge is 2.49. The van der Waals surface area contributed by atoms with E-state index in [1.165, 1.54) is 48.3 Å². The summed E-state index contributed by atoms with van der Waals surface area (Å²) >= 11 is 1.87. The van der Waals surface area contributed by atoms with Crippen molar-refractivity contribution >= 4 is 66.9 Å². The molecule has 0 N–H and O–H groups in total. The Morgan fingerprint density at radius 3 is 2.27 bits per heavy atom. The quantitative estimate of drug-likeness (QED) is 0.250. The first kappa shape index (κ1) is 17.6. The van der Waals surface area contributed by atoms with Gasteiger partial charge >= 0.3 is 6.98 Å². The first-order valence-electron chi connectivity index (χ1n) is 11.1. The van der Waals surface area contributed by atoms with Crippen LogP contribution in [0.4, 0.5) is 22.9 Å². The molecule has 2 aliphatic rings. The van der Waals surface area contributed by atoms with Gasteiger partial charge in [0.1, 0.15) is 0 Å². The first-order valence-corrected chi connectivity index (χ1v) is 12.0. The van der Waals surface area contributed by atoms with Crippen molar-refractivity contribution in [3.05, 3.63) is 103 Å². The number of hydrogen-bond acceptors (Lipinski definition) is 4. The first-order chi connectivity index (χ1) is 16.4. The fraction of sp³-hybridized carbons (Fsp3) is 0. The highest BCUT2D eigenvalue weighted by Crippen LogP contribution is 2.53. The van der Waals surface area contributed by atoms with Crippen molar-refractivity contribution in [2.45, 2.75) is 0 Å². The molecule has 0 saturated heterocycles. The third kappa shape index (κ3) is 2.20. The summed E-state index contributed by atoms with van der Waals surface area (Å²) in [6, 6.07) is 34.9. The summed E-state index contributed by atoms with van der Waals surface area (Å²) in [6.07, 6.45) is 1.81. The molecule has 2 aromatic heterocycles. The van der Waals surface area contributed by atoms with E-state index < -0.39 is 0 Å². The van der Waals surface area contributed by atoms with Gasteiger partial charge in [-0.2, -0.15) is 0 Å². The van der Waals surface area contributed by atoms with Crippen LogP contribution in [0.25, 0.3) is 31.3 Å². The SMILES string of the molecule is c1ccc2c(c1)B1N(c3ccccc3N1c1cccc3c1sc1ccccc13)c1occc1-2. The molecular weight excluding hydrogens is 423 g/mol. The Hall–Kier alpha value is -3.96. The number of nitrogens with zero attached hydrogens (tertiary/aromatic N) is 2. The van der Waals surface area contributed by atoms with Crippen LogP contribution in [0.1, 0.15) is 0 Å². The lowest BCUT2D eigenvalue weighted by Gasteiger charge is -2.33. The monoisotopic (exact) mass is 440 g/mol. The highest BCUT2D eigenvalue weighted by atomic mass is 32.1. The van der Waals surface area contributed by atoms with E-state index in [-0.39, 0.29) is 6.98 Å². The molecule has 0 aliphatic carbocycles. The molecule has 3 nitrogen and oxygen atoms in total. The van der Waals surface area contributed by atoms with Gasteiger partial charge in [0.25, 0.3) is 0 Å². The maximum absolute atomic E-state index is 6.11. The largest absolute Gasteiger partial charge is 0.449 e. The van der Waals surface area contributed by atoms with E-state index in [1.807, 2.05) is 17.6 Å². The zero-order valence-electron chi connectivity index (χ0n) is 17.6. The molecule has 4 heterocycles. The van der Waals surface area contributed by atoms with E-state index in [0.717, 1.165) is 11.4 Å². The number of furan rings is 1. The van der Waals surface area contributed by atoms with E-state index >= 15 is 0 Å². The van der Waals surface area contributed by atoms with Crippen LogP contribution in [-0.2, 0) is 0 Å². The van der Waals surface area contributed by atoms with E-state index in [4.69, 9.17) is 4.42 Å². The van der Waals surface area contributed by atoms with Crippen LogP contribution in [0, 0.1) is 0 Å². The van der Waals surface area contributed by atoms with Gasteiger partial charge in [-0.3, -0.25) is 0 Å². The molecule has 8 rings (SSSR count). The van der Waals surface area contributed by atoms with Gasteiger partial charge in [-0.25, -0.2) is 0 Å². The number of benzene rings is 4. The molecule has 4 aromatic carbocycles. The lowest BCUT2D eigenvalue weighted by Crippen LogP contribution is -2.55. The lowest BCUT2D eigenvalue weighted by molar-refractivity contribution is 0.578. The van der Waals surface area contributed by atoms with E-state index in [2.05, 4.69) is 107 Å². The molecule has 154 valence electrons. The zero-order valence-corrected chi connectivity index (χ0v) is 18.4. The maximum atomic E-state index is 6.11. The normalized spacial score (nSPS) is 13.9. The smallest absolute Gasteiger partial charge is 0.423 e. The van der Waals surface area contributed by atoms with Crippen LogP contribution in [0.5, 0.6) is 0 Å². The minimum absolute atomic E-state index is 0.00642. The molecule has 0 bridgehead atoms. The molecule has 0 amide bonds. The summed E-state index contributed by atoms with van der Waals surface area (Å²) in [5.41, 5.74) is 7.29. The van der Waals surface area contributed by atoms with Crippen LogP contribution in [0.15, 0.2) is 108 Å². The Morgan fingerprint density at radius 1 is 0.606 bits per heavy atom. The van der Waals surface area contributed by atoms with Crippen LogP contribution < -0.4 is 15.1 Å². The third-order valence-corrected chi connectivity index (χ3v) is 8.13. The zero-order chi connectivity index (χ0) is 21.5. The van der Waals surface area contributed by atoms with Gasteiger partial charge in [-0.05, 0) is 41.4 Å². The minimum atomic E-state index is -0.00642. The average molecular weight is 440 g/mol. The second-order valence-corrected chi connectivity index (χ2v) is 9.63. The number of hydrogen-bond donors (Lipinski definition) is 0. The van der Waals surface area contributed by atoms with Crippen molar-refractivity contribution in [1.82, 2.24) is 0 Å². The summed E-state index contributed by atoms with van der Waals surface area (Å²) in [7, 11) is 0. The van der Waals surface area contributed by atoms with Crippen molar-refractivity contribution in [3.8, 4) is 11.1 Å². The van der Waals surface area contributed by atoms with Gasteiger partial charge in [0, 0.05) is 26.7 Å². The Labute approximate surface area is 195 Å². The van der Waals surface area contributed by atoms with Gasteiger partial charge in [0.2, 0.25) is 0 Å². The molecule has 0 fully saturated rings. The maximum Gasteiger partial charge on any atom is 0.423 e. The summed E-state index contributed by atoms with van der Waals surface area (Å²) in [4.78, 5) is 4.86. The number of rotatable bonds is 1. The predicted molar refractivity (Wildman–Crippen MR) is 140 cm³/mol. The Kier molecular flexibility index (Phi) is 3.36. The Balaban J connectivity index is 1.47. The van der Waals surface area contributed by atoms with Crippen molar-refractivity contribution in [2.75, 3.05) is 9.62 Å². The number of thiophene rings is 1. The van der Waals surface area contributed by atoms with E-state index in [1.54, 1.807) is 0 Å². The highest BCUT2D eigenvalue weighted by molar-refractivity contribution is 7.26. The van der Waals surface area contributed by atoms with Crippen molar-refractivity contribution < 1.29 is 4.42 Å². The summed E-state index contributed by atoms with van der Waals surface area (Å²) < 4.78 is 8.74. The van der Waals surface area contributed by atoms with E-state index in [9.17, 15) is 0 Å². The minimum Gasteiger partial charge on any atom is -0.449 e. The Morgan fingerprint density at radius 2 is 1.33 bits per heavy atom. The van der Waals surface area contributed by atoms with Gasteiger partial charge in [-0.15, -0.1) is 11.3 Å². The second kappa shape index (κ2) is 6.30. The van der Waals surface area contributed by atoms with Crippen LogP contribution in [-0.4, -0.2) is 6.98 Å². The molecule has 6 aromatic rings. The predicted octanol–water partition coefficient (Wildman–Crippen LogP) is 7.31. The fourth-order valence-electron chi connectivity index (χ4n) is 5.59. The van der Waals surface area contributed by atoms with Gasteiger partial charge in [0.15, 0.2) is 5.88 Å². The van der Waals surface area contributed by atoms with Crippen LogP contribution in [0.2, 0.25) is 0 Å². The molecule has 5 heteroatoms. The fourth-order valence-corrected chi connectivity index (χ4v) is 6.81. The molecule has 2 aliphatic heterocycles. The molecular formula is C28H17BN2OS.